The number of ether oxygens (including phenoxy) is 2. The van der Waals surface area contributed by atoms with Crippen LogP contribution in [0, 0.1) is 0 Å². The second-order valence-corrected chi connectivity index (χ2v) is 6.35. The Morgan fingerprint density at radius 3 is 2.14 bits per heavy atom. The Morgan fingerprint density at radius 1 is 0.862 bits per heavy atom. The molecule has 6 nitrogen and oxygen atoms in total. The van der Waals surface area contributed by atoms with E-state index < -0.39 is 0 Å². The third-order valence-corrected chi connectivity index (χ3v) is 4.58. The number of ketones is 1. The molecule has 0 fully saturated rings. The number of aromatic nitrogens is 3. The van der Waals surface area contributed by atoms with Crippen molar-refractivity contribution in [1.82, 2.24) is 15.0 Å². The second kappa shape index (κ2) is 7.98. The van der Waals surface area contributed by atoms with Gasteiger partial charge in [-0.2, -0.15) is 0 Å². The first-order chi connectivity index (χ1) is 14.2. The van der Waals surface area contributed by atoms with Gasteiger partial charge in [-0.05, 0) is 60.2 Å². The molecule has 0 unspecified atom stereocenters. The van der Waals surface area contributed by atoms with E-state index in [-0.39, 0.29) is 5.78 Å². The van der Waals surface area contributed by atoms with Crippen LogP contribution in [0.1, 0.15) is 15.9 Å². The fourth-order valence-electron chi connectivity index (χ4n) is 3.02. The number of benzene rings is 3. The standard InChI is InChI=1S/C23H19N3O3/c1-28-18-11-7-16(8-12-18)15-22(23(27)17-9-13-19(29-2)14-10-17)26-21-6-4-3-5-20(21)24-25-26/h3-15H,1-2H3. The Bertz CT molecular complexity index is 1180. The zero-order valence-electron chi connectivity index (χ0n) is 16.1. The molecule has 144 valence electrons. The molecule has 4 aromatic rings. The molecule has 4 rings (SSSR count). The number of Topliss-reactive ketones (excluding diaryl/α,β-unsaturated/α-hetero) is 1. The van der Waals surface area contributed by atoms with Gasteiger partial charge in [-0.15, -0.1) is 5.10 Å². The quantitative estimate of drug-likeness (QED) is 0.365. The molecule has 0 amide bonds. The highest BCUT2D eigenvalue weighted by Crippen LogP contribution is 2.23. The highest BCUT2D eigenvalue weighted by atomic mass is 16.5. The molecule has 29 heavy (non-hydrogen) atoms. The number of carbonyl (C=O) groups is 1. The van der Waals surface area contributed by atoms with Crippen molar-refractivity contribution in [3.8, 4) is 11.5 Å². The lowest BCUT2D eigenvalue weighted by atomic mass is 10.1. The van der Waals surface area contributed by atoms with Gasteiger partial charge in [-0.25, -0.2) is 4.68 Å². The van der Waals surface area contributed by atoms with Gasteiger partial charge in [0.25, 0.3) is 0 Å². The number of para-hydroxylation sites is 1. The molecule has 0 aliphatic carbocycles. The lowest BCUT2D eigenvalue weighted by Crippen LogP contribution is -2.11. The molecule has 0 bridgehead atoms. The fourth-order valence-corrected chi connectivity index (χ4v) is 3.02. The number of carbonyl (C=O) groups excluding carboxylic acids is 1. The SMILES string of the molecule is COc1ccc(C=C(C(=O)c2ccc(OC)cc2)n2nnc3ccccc32)cc1. The van der Waals surface area contributed by atoms with Gasteiger partial charge in [0.05, 0.1) is 19.7 Å². The van der Waals surface area contributed by atoms with E-state index in [4.69, 9.17) is 9.47 Å². The number of hydrogen-bond donors (Lipinski definition) is 0. The third kappa shape index (κ3) is 3.73. The zero-order chi connectivity index (χ0) is 20.2. The van der Waals surface area contributed by atoms with Crippen molar-refractivity contribution in [2.45, 2.75) is 0 Å². The maximum atomic E-state index is 13.4. The molecule has 0 aliphatic rings. The van der Waals surface area contributed by atoms with Crippen LogP contribution in [0.4, 0.5) is 0 Å². The summed E-state index contributed by atoms with van der Waals surface area (Å²) in [5.74, 6) is 1.27. The van der Waals surface area contributed by atoms with Crippen molar-refractivity contribution in [3.63, 3.8) is 0 Å². The number of nitrogens with zero attached hydrogens (tertiary/aromatic N) is 3. The maximum Gasteiger partial charge on any atom is 0.211 e. The molecule has 1 aromatic heterocycles. The molecule has 0 radical (unpaired) electrons. The number of hydrogen-bond acceptors (Lipinski definition) is 5. The van der Waals surface area contributed by atoms with Crippen molar-refractivity contribution >= 4 is 28.6 Å². The highest BCUT2D eigenvalue weighted by Gasteiger charge is 2.18. The average molecular weight is 385 g/mol. The molecule has 0 atom stereocenters. The largest absolute Gasteiger partial charge is 0.497 e. The Labute approximate surface area is 168 Å². The fraction of sp³-hybridized carbons (Fsp3) is 0.0870. The minimum atomic E-state index is -0.167. The smallest absolute Gasteiger partial charge is 0.211 e. The Balaban J connectivity index is 1.83. The van der Waals surface area contributed by atoms with Crippen LogP contribution in [0.5, 0.6) is 11.5 Å². The van der Waals surface area contributed by atoms with Gasteiger partial charge in [0, 0.05) is 5.56 Å². The summed E-state index contributed by atoms with van der Waals surface area (Å²) < 4.78 is 12.0. The summed E-state index contributed by atoms with van der Waals surface area (Å²) >= 11 is 0. The van der Waals surface area contributed by atoms with Gasteiger partial charge in [-0.3, -0.25) is 4.79 Å². The van der Waals surface area contributed by atoms with Gasteiger partial charge in [0.1, 0.15) is 22.7 Å². The van der Waals surface area contributed by atoms with Crippen LogP contribution in [0.2, 0.25) is 0 Å². The van der Waals surface area contributed by atoms with Crippen molar-refractivity contribution in [1.29, 1.82) is 0 Å². The van der Waals surface area contributed by atoms with E-state index >= 15 is 0 Å². The molecule has 0 N–H and O–H groups in total. The van der Waals surface area contributed by atoms with Crippen LogP contribution in [0.3, 0.4) is 0 Å². The van der Waals surface area contributed by atoms with Crippen molar-refractivity contribution in [3.05, 3.63) is 83.9 Å². The lowest BCUT2D eigenvalue weighted by molar-refractivity contribution is 0.105. The first-order valence-corrected chi connectivity index (χ1v) is 9.05. The summed E-state index contributed by atoms with van der Waals surface area (Å²) in [6.45, 7) is 0. The predicted octanol–water partition coefficient (Wildman–Crippen LogP) is 4.33. The maximum absolute atomic E-state index is 13.4. The summed E-state index contributed by atoms with van der Waals surface area (Å²) in [4.78, 5) is 13.4. The molecular weight excluding hydrogens is 366 g/mol. The first kappa shape index (κ1) is 18.4. The Hall–Kier alpha value is -3.93. The predicted molar refractivity (Wildman–Crippen MR) is 112 cm³/mol. The summed E-state index contributed by atoms with van der Waals surface area (Å²) in [7, 11) is 3.21. The van der Waals surface area contributed by atoms with Crippen molar-refractivity contribution in [2.24, 2.45) is 0 Å². The lowest BCUT2D eigenvalue weighted by Gasteiger charge is -2.09. The summed E-state index contributed by atoms with van der Waals surface area (Å²) in [6, 6.07) is 22.0. The van der Waals surface area contributed by atoms with Gasteiger partial charge < -0.3 is 9.47 Å². The van der Waals surface area contributed by atoms with Crippen LogP contribution < -0.4 is 9.47 Å². The molecular formula is C23H19N3O3. The molecule has 1 heterocycles. The minimum Gasteiger partial charge on any atom is -0.497 e. The van der Waals surface area contributed by atoms with Crippen molar-refractivity contribution < 1.29 is 14.3 Å². The molecule has 0 saturated heterocycles. The molecule has 6 heteroatoms. The minimum absolute atomic E-state index is 0.167. The summed E-state index contributed by atoms with van der Waals surface area (Å²) in [6.07, 6.45) is 1.80. The van der Waals surface area contributed by atoms with Crippen LogP contribution in [0.15, 0.2) is 72.8 Å². The molecule has 0 spiro atoms. The average Bonchev–Trinajstić information content (AvgIpc) is 3.21. The number of fused-ring (bicyclic) bond motifs is 1. The monoisotopic (exact) mass is 385 g/mol. The third-order valence-electron chi connectivity index (χ3n) is 4.58. The van der Waals surface area contributed by atoms with E-state index in [9.17, 15) is 4.79 Å². The van der Waals surface area contributed by atoms with E-state index in [1.165, 1.54) is 0 Å². The second-order valence-electron chi connectivity index (χ2n) is 6.35. The normalized spacial score (nSPS) is 11.4. The van der Waals surface area contributed by atoms with E-state index in [1.54, 1.807) is 49.2 Å². The summed E-state index contributed by atoms with van der Waals surface area (Å²) in [5, 5.41) is 8.43. The molecule has 0 aliphatic heterocycles. The Morgan fingerprint density at radius 2 is 1.48 bits per heavy atom. The molecule has 3 aromatic carbocycles. The number of rotatable bonds is 6. The van der Waals surface area contributed by atoms with Gasteiger partial charge in [0.15, 0.2) is 0 Å². The van der Waals surface area contributed by atoms with Crippen molar-refractivity contribution in [2.75, 3.05) is 14.2 Å². The van der Waals surface area contributed by atoms with Gasteiger partial charge in [-0.1, -0.05) is 29.5 Å². The first-order valence-electron chi connectivity index (χ1n) is 9.05. The zero-order valence-corrected chi connectivity index (χ0v) is 16.1. The van der Waals surface area contributed by atoms with E-state index in [0.717, 1.165) is 22.3 Å². The van der Waals surface area contributed by atoms with E-state index in [2.05, 4.69) is 10.3 Å². The van der Waals surface area contributed by atoms with Gasteiger partial charge in [0.2, 0.25) is 5.78 Å². The van der Waals surface area contributed by atoms with Crippen LogP contribution in [-0.2, 0) is 0 Å². The highest BCUT2D eigenvalue weighted by molar-refractivity contribution is 6.28. The topological polar surface area (TPSA) is 66.2 Å². The van der Waals surface area contributed by atoms with Crippen LogP contribution in [0.25, 0.3) is 22.8 Å². The van der Waals surface area contributed by atoms with Crippen LogP contribution in [-0.4, -0.2) is 35.0 Å². The summed E-state index contributed by atoms with van der Waals surface area (Å²) in [5.41, 5.74) is 3.26. The van der Waals surface area contributed by atoms with E-state index in [0.29, 0.717) is 17.0 Å². The van der Waals surface area contributed by atoms with Gasteiger partial charge >= 0.3 is 0 Å². The van der Waals surface area contributed by atoms with Crippen LogP contribution >= 0.6 is 0 Å². The number of methoxy groups -OCH3 is 2. The van der Waals surface area contributed by atoms with E-state index in [1.807, 2.05) is 48.5 Å². The molecule has 0 saturated carbocycles. The Kier molecular flexibility index (Phi) is 5.07. The number of allylic oxidation sites excluding steroid dienone is 1.